The first kappa shape index (κ1) is 14.3. The molecule has 1 atom stereocenters. The average molecular weight is 322 g/mol. The molecule has 0 fully saturated rings. The first-order valence-corrected chi connectivity index (χ1v) is 6.50. The smallest absolute Gasteiger partial charge is 0.347 e. The maximum absolute atomic E-state index is 11.5. The highest BCUT2D eigenvalue weighted by Gasteiger charge is 2.17. The molecule has 5 heteroatoms. The predicted molar refractivity (Wildman–Crippen MR) is 70.5 cm³/mol. The lowest BCUT2D eigenvalue weighted by Crippen LogP contribution is -2.26. The van der Waals surface area contributed by atoms with E-state index < -0.39 is 6.10 Å². The second-order valence-electron chi connectivity index (χ2n) is 3.50. The van der Waals surface area contributed by atoms with Crippen molar-refractivity contribution in [1.29, 1.82) is 0 Å². The highest BCUT2D eigenvalue weighted by atomic mass is 79.9. The van der Waals surface area contributed by atoms with Crippen molar-refractivity contribution in [3.8, 4) is 5.75 Å². The van der Waals surface area contributed by atoms with Gasteiger partial charge in [-0.2, -0.15) is 0 Å². The molecule has 0 heterocycles. The SMILES string of the molecule is CCCOC(=O)C(C)Oc1ccc(Cl)cc1Br. The van der Waals surface area contributed by atoms with Crippen LogP contribution in [0.2, 0.25) is 5.02 Å². The number of rotatable bonds is 5. The summed E-state index contributed by atoms with van der Waals surface area (Å²) in [6.45, 7) is 4.00. The van der Waals surface area contributed by atoms with Gasteiger partial charge in [-0.3, -0.25) is 0 Å². The Labute approximate surface area is 114 Å². The summed E-state index contributed by atoms with van der Waals surface area (Å²) in [5, 5.41) is 0.602. The number of esters is 1. The zero-order valence-electron chi connectivity index (χ0n) is 9.70. The van der Waals surface area contributed by atoms with Crippen molar-refractivity contribution >= 4 is 33.5 Å². The summed E-state index contributed by atoms with van der Waals surface area (Å²) in [5.41, 5.74) is 0. The molecule has 1 aromatic rings. The van der Waals surface area contributed by atoms with E-state index in [-0.39, 0.29) is 5.97 Å². The summed E-state index contributed by atoms with van der Waals surface area (Å²) in [6.07, 6.45) is 0.155. The monoisotopic (exact) mass is 320 g/mol. The fourth-order valence-corrected chi connectivity index (χ4v) is 1.91. The average Bonchev–Trinajstić information content (AvgIpc) is 2.29. The minimum atomic E-state index is -0.640. The van der Waals surface area contributed by atoms with Crippen LogP contribution in [0.25, 0.3) is 0 Å². The van der Waals surface area contributed by atoms with E-state index in [2.05, 4.69) is 15.9 Å². The molecule has 17 heavy (non-hydrogen) atoms. The molecule has 0 aliphatic carbocycles. The molecular formula is C12H14BrClO3. The number of carbonyl (C=O) groups is 1. The van der Waals surface area contributed by atoms with E-state index in [1.807, 2.05) is 6.92 Å². The molecular weight excluding hydrogens is 307 g/mol. The first-order valence-electron chi connectivity index (χ1n) is 5.33. The maximum atomic E-state index is 11.5. The van der Waals surface area contributed by atoms with Crippen LogP contribution in [0.4, 0.5) is 0 Å². The lowest BCUT2D eigenvalue weighted by Gasteiger charge is -2.14. The van der Waals surface area contributed by atoms with E-state index in [1.54, 1.807) is 25.1 Å². The number of halogens is 2. The van der Waals surface area contributed by atoms with Gasteiger partial charge in [0, 0.05) is 5.02 Å². The molecule has 0 spiro atoms. The Bertz CT molecular complexity index is 395. The molecule has 0 saturated heterocycles. The molecule has 0 N–H and O–H groups in total. The van der Waals surface area contributed by atoms with Crippen LogP contribution in [0.3, 0.4) is 0 Å². The normalized spacial score (nSPS) is 12.0. The topological polar surface area (TPSA) is 35.5 Å². The Morgan fingerprint density at radius 3 is 2.82 bits per heavy atom. The van der Waals surface area contributed by atoms with Crippen LogP contribution in [-0.2, 0) is 9.53 Å². The van der Waals surface area contributed by atoms with Gasteiger partial charge in [0.15, 0.2) is 6.10 Å². The van der Waals surface area contributed by atoms with E-state index in [0.29, 0.717) is 21.9 Å². The Morgan fingerprint density at radius 1 is 1.53 bits per heavy atom. The Balaban J connectivity index is 2.61. The molecule has 94 valence electrons. The Morgan fingerprint density at radius 2 is 2.24 bits per heavy atom. The van der Waals surface area contributed by atoms with E-state index in [1.165, 1.54) is 0 Å². The molecule has 0 aromatic heterocycles. The number of hydrogen-bond acceptors (Lipinski definition) is 3. The summed E-state index contributed by atoms with van der Waals surface area (Å²) < 4.78 is 11.2. The van der Waals surface area contributed by atoms with Crippen LogP contribution >= 0.6 is 27.5 Å². The zero-order valence-corrected chi connectivity index (χ0v) is 12.0. The largest absolute Gasteiger partial charge is 0.478 e. The van der Waals surface area contributed by atoms with Crippen LogP contribution in [0, 0.1) is 0 Å². The van der Waals surface area contributed by atoms with Crippen molar-refractivity contribution in [2.75, 3.05) is 6.61 Å². The van der Waals surface area contributed by atoms with Gasteiger partial charge in [0.05, 0.1) is 11.1 Å². The summed E-state index contributed by atoms with van der Waals surface area (Å²) in [7, 11) is 0. The van der Waals surface area contributed by atoms with E-state index in [0.717, 1.165) is 6.42 Å². The van der Waals surface area contributed by atoms with Crippen LogP contribution in [0.5, 0.6) is 5.75 Å². The standard InChI is InChI=1S/C12H14BrClO3/c1-3-6-16-12(15)8(2)17-11-5-4-9(14)7-10(11)13/h4-5,7-8H,3,6H2,1-2H3. The number of benzene rings is 1. The van der Waals surface area contributed by atoms with Crippen molar-refractivity contribution in [1.82, 2.24) is 0 Å². The molecule has 1 aromatic carbocycles. The van der Waals surface area contributed by atoms with Crippen LogP contribution in [-0.4, -0.2) is 18.7 Å². The van der Waals surface area contributed by atoms with Crippen molar-refractivity contribution in [3.63, 3.8) is 0 Å². The fourth-order valence-electron chi connectivity index (χ4n) is 1.13. The van der Waals surface area contributed by atoms with Crippen molar-refractivity contribution in [2.24, 2.45) is 0 Å². The molecule has 0 aliphatic heterocycles. The number of ether oxygens (including phenoxy) is 2. The summed E-state index contributed by atoms with van der Waals surface area (Å²) >= 11 is 9.12. The lowest BCUT2D eigenvalue weighted by atomic mass is 10.3. The van der Waals surface area contributed by atoms with Crippen molar-refractivity contribution in [2.45, 2.75) is 26.4 Å². The minimum Gasteiger partial charge on any atom is -0.478 e. The molecule has 3 nitrogen and oxygen atoms in total. The van der Waals surface area contributed by atoms with E-state index in [4.69, 9.17) is 21.1 Å². The second-order valence-corrected chi connectivity index (χ2v) is 4.79. The van der Waals surface area contributed by atoms with Crippen molar-refractivity contribution < 1.29 is 14.3 Å². The molecule has 1 unspecified atom stereocenters. The van der Waals surface area contributed by atoms with Gasteiger partial charge >= 0.3 is 5.97 Å². The van der Waals surface area contributed by atoms with Crippen molar-refractivity contribution in [3.05, 3.63) is 27.7 Å². The number of carbonyl (C=O) groups excluding carboxylic acids is 1. The van der Waals surface area contributed by atoms with Crippen LogP contribution in [0.1, 0.15) is 20.3 Å². The highest BCUT2D eigenvalue weighted by molar-refractivity contribution is 9.10. The maximum Gasteiger partial charge on any atom is 0.347 e. The van der Waals surface area contributed by atoms with Gasteiger partial charge in [0.25, 0.3) is 0 Å². The van der Waals surface area contributed by atoms with Gasteiger partial charge in [-0.1, -0.05) is 18.5 Å². The van der Waals surface area contributed by atoms with Gasteiger partial charge in [-0.05, 0) is 47.5 Å². The van der Waals surface area contributed by atoms with Gasteiger partial charge in [0.2, 0.25) is 0 Å². The van der Waals surface area contributed by atoms with E-state index in [9.17, 15) is 4.79 Å². The summed E-state index contributed by atoms with van der Waals surface area (Å²) in [5.74, 6) is 0.198. The molecule has 0 saturated carbocycles. The Hall–Kier alpha value is -0.740. The quantitative estimate of drug-likeness (QED) is 0.773. The molecule has 0 amide bonds. The van der Waals surface area contributed by atoms with Gasteiger partial charge in [-0.15, -0.1) is 0 Å². The van der Waals surface area contributed by atoms with Gasteiger partial charge in [-0.25, -0.2) is 4.79 Å². The predicted octanol–water partition coefficient (Wildman–Crippen LogP) is 3.82. The molecule has 1 rings (SSSR count). The summed E-state index contributed by atoms with van der Waals surface area (Å²) in [6, 6.07) is 5.11. The third-order valence-electron chi connectivity index (χ3n) is 1.98. The third-order valence-corrected chi connectivity index (χ3v) is 2.83. The zero-order chi connectivity index (χ0) is 12.8. The van der Waals surface area contributed by atoms with Gasteiger partial charge in [0.1, 0.15) is 5.75 Å². The minimum absolute atomic E-state index is 0.367. The van der Waals surface area contributed by atoms with E-state index >= 15 is 0 Å². The fraction of sp³-hybridized carbons (Fsp3) is 0.417. The highest BCUT2D eigenvalue weighted by Crippen LogP contribution is 2.28. The summed E-state index contributed by atoms with van der Waals surface area (Å²) in [4.78, 5) is 11.5. The molecule has 0 bridgehead atoms. The first-order chi connectivity index (χ1) is 8.04. The second kappa shape index (κ2) is 6.87. The molecule has 0 aliphatic rings. The van der Waals surface area contributed by atoms with Crippen LogP contribution in [0.15, 0.2) is 22.7 Å². The van der Waals surface area contributed by atoms with Crippen LogP contribution < -0.4 is 4.74 Å². The van der Waals surface area contributed by atoms with Gasteiger partial charge < -0.3 is 9.47 Å². The third kappa shape index (κ3) is 4.56. The lowest BCUT2D eigenvalue weighted by molar-refractivity contribution is -0.151. The molecule has 0 radical (unpaired) electrons. The Kier molecular flexibility index (Phi) is 5.78. The number of hydrogen-bond donors (Lipinski definition) is 0.